The fourth-order valence-electron chi connectivity index (χ4n) is 1.65. The standard InChI is InChI=1S/C13H13BrFNS/c1-2-12(13-4-3-7-17-13)16-9-5-6-11(15)10(14)8-9/h3-8,12,16H,2H2,1H3. The van der Waals surface area contributed by atoms with Crippen molar-refractivity contribution in [3.8, 4) is 0 Å². The summed E-state index contributed by atoms with van der Waals surface area (Å²) in [6.07, 6.45) is 0.996. The van der Waals surface area contributed by atoms with Gasteiger partial charge in [-0.3, -0.25) is 0 Å². The van der Waals surface area contributed by atoms with Gasteiger partial charge in [0.1, 0.15) is 5.82 Å². The largest absolute Gasteiger partial charge is 0.377 e. The van der Waals surface area contributed by atoms with Crippen LogP contribution < -0.4 is 5.32 Å². The minimum absolute atomic E-state index is 0.236. The van der Waals surface area contributed by atoms with Crippen LogP contribution in [0.2, 0.25) is 0 Å². The van der Waals surface area contributed by atoms with E-state index in [2.05, 4.69) is 39.6 Å². The molecule has 1 N–H and O–H groups in total. The first-order valence-electron chi connectivity index (χ1n) is 5.45. The number of hydrogen-bond acceptors (Lipinski definition) is 2. The zero-order valence-corrected chi connectivity index (χ0v) is 11.8. The highest BCUT2D eigenvalue weighted by Gasteiger charge is 2.10. The first-order chi connectivity index (χ1) is 8.20. The highest BCUT2D eigenvalue weighted by Crippen LogP contribution is 2.28. The second-order valence-electron chi connectivity index (χ2n) is 3.75. The molecular formula is C13H13BrFNS. The Balaban J connectivity index is 2.16. The summed E-state index contributed by atoms with van der Waals surface area (Å²) >= 11 is 4.93. The Morgan fingerprint density at radius 1 is 1.41 bits per heavy atom. The molecule has 90 valence electrons. The van der Waals surface area contributed by atoms with Crippen LogP contribution >= 0.6 is 27.3 Å². The summed E-state index contributed by atoms with van der Waals surface area (Å²) in [4.78, 5) is 1.30. The smallest absolute Gasteiger partial charge is 0.137 e. The molecule has 1 atom stereocenters. The van der Waals surface area contributed by atoms with E-state index in [-0.39, 0.29) is 11.9 Å². The maximum Gasteiger partial charge on any atom is 0.137 e. The van der Waals surface area contributed by atoms with E-state index in [0.717, 1.165) is 12.1 Å². The van der Waals surface area contributed by atoms with Crippen LogP contribution in [-0.2, 0) is 0 Å². The molecule has 1 aromatic heterocycles. The van der Waals surface area contributed by atoms with Crippen molar-refractivity contribution in [3.63, 3.8) is 0 Å². The van der Waals surface area contributed by atoms with E-state index in [1.54, 1.807) is 23.5 Å². The summed E-state index contributed by atoms with van der Waals surface area (Å²) in [6.45, 7) is 2.13. The van der Waals surface area contributed by atoms with Gasteiger partial charge in [-0.15, -0.1) is 11.3 Å². The number of benzene rings is 1. The maximum absolute atomic E-state index is 13.1. The minimum Gasteiger partial charge on any atom is -0.377 e. The quantitative estimate of drug-likeness (QED) is 0.816. The Hall–Kier alpha value is -0.870. The molecule has 2 aromatic rings. The van der Waals surface area contributed by atoms with Crippen molar-refractivity contribution in [1.29, 1.82) is 0 Å². The lowest BCUT2D eigenvalue weighted by molar-refractivity contribution is 0.621. The number of rotatable bonds is 4. The molecule has 0 aliphatic carbocycles. The monoisotopic (exact) mass is 313 g/mol. The number of hydrogen-bond donors (Lipinski definition) is 1. The number of halogens is 2. The molecule has 2 rings (SSSR count). The molecule has 1 heterocycles. The van der Waals surface area contributed by atoms with Crippen LogP contribution in [0.3, 0.4) is 0 Å². The Morgan fingerprint density at radius 2 is 2.24 bits per heavy atom. The van der Waals surface area contributed by atoms with E-state index in [0.29, 0.717) is 4.47 Å². The first-order valence-corrected chi connectivity index (χ1v) is 7.13. The highest BCUT2D eigenvalue weighted by molar-refractivity contribution is 9.10. The summed E-state index contributed by atoms with van der Waals surface area (Å²) < 4.78 is 13.6. The molecule has 0 bridgehead atoms. The summed E-state index contributed by atoms with van der Waals surface area (Å²) in [5, 5.41) is 5.48. The normalized spacial score (nSPS) is 12.4. The molecule has 0 radical (unpaired) electrons. The average Bonchev–Trinajstić information content (AvgIpc) is 2.84. The Bertz CT molecular complexity index is 484. The summed E-state index contributed by atoms with van der Waals surface area (Å²) in [7, 11) is 0. The lowest BCUT2D eigenvalue weighted by atomic mass is 10.1. The molecule has 1 aromatic carbocycles. The molecule has 0 saturated carbocycles. The first kappa shape index (κ1) is 12.6. The van der Waals surface area contributed by atoms with E-state index >= 15 is 0 Å². The van der Waals surface area contributed by atoms with Gasteiger partial charge >= 0.3 is 0 Å². The van der Waals surface area contributed by atoms with Gasteiger partial charge in [0.05, 0.1) is 10.5 Å². The topological polar surface area (TPSA) is 12.0 Å². The lowest BCUT2D eigenvalue weighted by Crippen LogP contribution is -2.08. The van der Waals surface area contributed by atoms with Crippen LogP contribution in [0.5, 0.6) is 0 Å². The molecule has 0 saturated heterocycles. The Morgan fingerprint density at radius 3 is 2.82 bits per heavy atom. The van der Waals surface area contributed by atoms with E-state index in [1.807, 2.05) is 6.07 Å². The van der Waals surface area contributed by atoms with Gasteiger partial charge < -0.3 is 5.32 Å². The minimum atomic E-state index is -0.236. The molecule has 0 spiro atoms. The van der Waals surface area contributed by atoms with E-state index in [1.165, 1.54) is 10.9 Å². The van der Waals surface area contributed by atoms with Crippen LogP contribution in [0.1, 0.15) is 24.3 Å². The van der Waals surface area contributed by atoms with Gasteiger partial charge in [0.2, 0.25) is 0 Å². The van der Waals surface area contributed by atoms with Crippen molar-refractivity contribution < 1.29 is 4.39 Å². The van der Waals surface area contributed by atoms with Gasteiger partial charge in [-0.1, -0.05) is 13.0 Å². The van der Waals surface area contributed by atoms with Crippen LogP contribution in [0, 0.1) is 5.82 Å². The van der Waals surface area contributed by atoms with Crippen LogP contribution in [0.25, 0.3) is 0 Å². The van der Waals surface area contributed by atoms with E-state index in [9.17, 15) is 4.39 Å². The summed E-state index contributed by atoms with van der Waals surface area (Å²) in [5.41, 5.74) is 0.929. The number of anilines is 1. The van der Waals surface area contributed by atoms with Gasteiger partial charge in [0, 0.05) is 10.6 Å². The Labute approximate surface area is 113 Å². The Kier molecular flexibility index (Phi) is 4.18. The van der Waals surface area contributed by atoms with Crippen LogP contribution in [0.4, 0.5) is 10.1 Å². The zero-order valence-electron chi connectivity index (χ0n) is 9.41. The third kappa shape index (κ3) is 3.07. The molecule has 0 aliphatic rings. The molecule has 17 heavy (non-hydrogen) atoms. The van der Waals surface area contributed by atoms with Gasteiger partial charge in [-0.2, -0.15) is 0 Å². The molecule has 1 unspecified atom stereocenters. The van der Waals surface area contributed by atoms with Crippen LogP contribution in [-0.4, -0.2) is 0 Å². The third-order valence-corrected chi connectivity index (χ3v) is 4.15. The maximum atomic E-state index is 13.1. The second kappa shape index (κ2) is 5.65. The summed E-state index contributed by atoms with van der Waals surface area (Å²) in [5.74, 6) is -0.236. The predicted octanol–water partition coefficient (Wildman–Crippen LogP) is 5.21. The van der Waals surface area contributed by atoms with Crippen molar-refractivity contribution in [1.82, 2.24) is 0 Å². The van der Waals surface area contributed by atoms with Crippen molar-refractivity contribution in [2.75, 3.05) is 5.32 Å². The fourth-order valence-corrected chi connectivity index (χ4v) is 2.89. The molecular weight excluding hydrogens is 301 g/mol. The van der Waals surface area contributed by atoms with Crippen molar-refractivity contribution in [3.05, 3.63) is 50.9 Å². The van der Waals surface area contributed by atoms with Gasteiger partial charge in [0.15, 0.2) is 0 Å². The van der Waals surface area contributed by atoms with Gasteiger partial charge in [0.25, 0.3) is 0 Å². The lowest BCUT2D eigenvalue weighted by Gasteiger charge is -2.17. The molecule has 0 amide bonds. The summed E-state index contributed by atoms with van der Waals surface area (Å²) in [6, 6.07) is 9.44. The van der Waals surface area contributed by atoms with Gasteiger partial charge in [-0.05, 0) is 52.0 Å². The van der Waals surface area contributed by atoms with Crippen LogP contribution in [0.15, 0.2) is 40.2 Å². The van der Waals surface area contributed by atoms with Crippen molar-refractivity contribution in [2.24, 2.45) is 0 Å². The van der Waals surface area contributed by atoms with E-state index in [4.69, 9.17) is 0 Å². The van der Waals surface area contributed by atoms with Crippen molar-refractivity contribution in [2.45, 2.75) is 19.4 Å². The zero-order chi connectivity index (χ0) is 12.3. The van der Waals surface area contributed by atoms with Crippen molar-refractivity contribution >= 4 is 33.0 Å². The molecule has 0 aliphatic heterocycles. The fraction of sp³-hybridized carbons (Fsp3) is 0.231. The second-order valence-corrected chi connectivity index (χ2v) is 5.58. The van der Waals surface area contributed by atoms with E-state index < -0.39 is 0 Å². The predicted molar refractivity (Wildman–Crippen MR) is 75.1 cm³/mol. The average molecular weight is 314 g/mol. The number of nitrogens with one attached hydrogen (secondary N) is 1. The molecule has 4 heteroatoms. The third-order valence-electron chi connectivity index (χ3n) is 2.56. The van der Waals surface area contributed by atoms with Gasteiger partial charge in [-0.25, -0.2) is 4.39 Å². The number of thiophene rings is 1. The highest BCUT2D eigenvalue weighted by atomic mass is 79.9. The molecule has 0 fully saturated rings. The SMILES string of the molecule is CCC(Nc1ccc(F)c(Br)c1)c1cccs1. The molecule has 1 nitrogen and oxygen atoms in total.